The predicted octanol–water partition coefficient (Wildman–Crippen LogP) is 3.84. The SMILES string of the molecule is COC(=O)CCCCN1C(=O)[C@@]2(O[C@@H](CC(=O)N3CCC[C@H]3CO)[C@H]([Si](C)(C)O)[C@H]2C)c2cc(N(C=O)c3ccccc3)ccc21. The summed E-state index contributed by atoms with van der Waals surface area (Å²) in [6.45, 7) is 6.30. The van der Waals surface area contributed by atoms with Crippen LogP contribution in [0.25, 0.3) is 0 Å². The summed E-state index contributed by atoms with van der Waals surface area (Å²) < 4.78 is 11.6. The first kappa shape index (κ1) is 33.8. The third-order valence-corrected chi connectivity index (χ3v) is 12.4. The van der Waals surface area contributed by atoms with Crippen molar-refractivity contribution in [1.29, 1.82) is 0 Å². The molecule has 248 valence electrons. The minimum atomic E-state index is -3.03. The number of aliphatic hydroxyl groups is 1. The normalized spacial score (nSPS) is 25.7. The topological polar surface area (TPSA) is 137 Å². The molecule has 2 aromatic carbocycles. The zero-order chi connectivity index (χ0) is 33.2. The van der Waals surface area contributed by atoms with E-state index < -0.39 is 31.5 Å². The Hall–Kier alpha value is -3.58. The molecule has 3 amide bonds. The minimum Gasteiger partial charge on any atom is -0.469 e. The molecule has 3 aliphatic heterocycles. The number of esters is 1. The van der Waals surface area contributed by atoms with Gasteiger partial charge in [-0.15, -0.1) is 0 Å². The van der Waals surface area contributed by atoms with Gasteiger partial charge in [0, 0.05) is 47.9 Å². The molecule has 2 N–H and O–H groups in total. The molecule has 2 fully saturated rings. The summed E-state index contributed by atoms with van der Waals surface area (Å²) in [4.78, 5) is 68.9. The minimum absolute atomic E-state index is 0.0177. The van der Waals surface area contributed by atoms with E-state index in [1.54, 1.807) is 15.9 Å². The molecule has 2 saturated heterocycles. The number of fused-ring (bicyclic) bond motifs is 2. The van der Waals surface area contributed by atoms with E-state index in [4.69, 9.17) is 9.47 Å². The Bertz CT molecular complexity index is 1450. The number of methoxy groups -OCH3 is 1. The van der Waals surface area contributed by atoms with Crippen molar-refractivity contribution in [3.8, 4) is 0 Å². The van der Waals surface area contributed by atoms with Crippen LogP contribution < -0.4 is 9.80 Å². The predicted molar refractivity (Wildman–Crippen MR) is 175 cm³/mol. The van der Waals surface area contributed by atoms with Crippen LogP contribution in [0.15, 0.2) is 48.5 Å². The molecule has 11 nitrogen and oxygen atoms in total. The maximum absolute atomic E-state index is 14.7. The number of carbonyl (C=O) groups is 4. The fourth-order valence-corrected chi connectivity index (χ4v) is 10.3. The van der Waals surface area contributed by atoms with Gasteiger partial charge in [-0.2, -0.15) is 0 Å². The molecular weight excluding hydrogens is 606 g/mol. The van der Waals surface area contributed by atoms with Crippen molar-refractivity contribution in [2.75, 3.05) is 36.6 Å². The first-order valence-corrected chi connectivity index (χ1v) is 19.1. The van der Waals surface area contributed by atoms with Gasteiger partial charge in [0.25, 0.3) is 5.91 Å². The van der Waals surface area contributed by atoms with E-state index in [0.29, 0.717) is 48.6 Å². The van der Waals surface area contributed by atoms with Crippen LogP contribution in [-0.2, 0) is 34.3 Å². The zero-order valence-electron chi connectivity index (χ0n) is 27.1. The summed E-state index contributed by atoms with van der Waals surface area (Å²) >= 11 is 0. The van der Waals surface area contributed by atoms with Crippen LogP contribution in [0.4, 0.5) is 17.1 Å². The average Bonchev–Trinajstić information content (AvgIpc) is 3.70. The average molecular weight is 652 g/mol. The van der Waals surface area contributed by atoms with Gasteiger partial charge >= 0.3 is 5.97 Å². The third-order valence-electron chi connectivity index (χ3n) is 9.91. The number of aliphatic hydroxyl groups excluding tert-OH is 1. The van der Waals surface area contributed by atoms with E-state index in [1.165, 1.54) is 12.0 Å². The number of ether oxygens (including phenoxy) is 2. The summed E-state index contributed by atoms with van der Waals surface area (Å²) in [6.07, 6.45) is 2.81. The second kappa shape index (κ2) is 13.6. The van der Waals surface area contributed by atoms with Crippen LogP contribution in [0.1, 0.15) is 51.0 Å². The fraction of sp³-hybridized carbons (Fsp3) is 0.529. The number of carbonyl (C=O) groups excluding carboxylic acids is 4. The Morgan fingerprint density at radius 1 is 1.15 bits per heavy atom. The Morgan fingerprint density at radius 3 is 2.54 bits per heavy atom. The van der Waals surface area contributed by atoms with E-state index in [1.807, 2.05) is 62.5 Å². The van der Waals surface area contributed by atoms with Crippen molar-refractivity contribution in [1.82, 2.24) is 4.90 Å². The Morgan fingerprint density at radius 2 is 1.89 bits per heavy atom. The van der Waals surface area contributed by atoms with Gasteiger partial charge < -0.3 is 29.2 Å². The van der Waals surface area contributed by atoms with Crippen LogP contribution in [-0.4, -0.2) is 86.3 Å². The quantitative estimate of drug-likeness (QED) is 0.153. The summed E-state index contributed by atoms with van der Waals surface area (Å²) in [5, 5.41) is 9.85. The van der Waals surface area contributed by atoms with Crippen LogP contribution in [0.2, 0.25) is 18.6 Å². The van der Waals surface area contributed by atoms with Gasteiger partial charge in [0.1, 0.15) is 0 Å². The number of likely N-dealkylation sites (tertiary alicyclic amines) is 1. The molecule has 0 radical (unpaired) electrons. The Labute approximate surface area is 271 Å². The maximum Gasteiger partial charge on any atom is 0.305 e. The molecule has 12 heteroatoms. The lowest BCUT2D eigenvalue weighted by atomic mass is 9.82. The number of unbranched alkanes of at least 4 members (excludes halogenated alkanes) is 1. The highest BCUT2D eigenvalue weighted by Crippen LogP contribution is 2.60. The lowest BCUT2D eigenvalue weighted by Crippen LogP contribution is -2.46. The van der Waals surface area contributed by atoms with Crippen molar-refractivity contribution in [3.05, 3.63) is 54.1 Å². The molecule has 0 aromatic heterocycles. The van der Waals surface area contributed by atoms with Gasteiger partial charge in [0.05, 0.1) is 38.0 Å². The number of amides is 3. The molecule has 0 bridgehead atoms. The highest BCUT2D eigenvalue weighted by Gasteiger charge is 2.66. The molecule has 1 spiro atoms. The Kier molecular flexibility index (Phi) is 10.0. The number of hydrogen-bond acceptors (Lipinski definition) is 8. The van der Waals surface area contributed by atoms with E-state index in [9.17, 15) is 29.1 Å². The maximum atomic E-state index is 14.7. The summed E-state index contributed by atoms with van der Waals surface area (Å²) in [7, 11) is -1.68. The number of rotatable bonds is 12. The molecule has 46 heavy (non-hydrogen) atoms. The van der Waals surface area contributed by atoms with Crippen molar-refractivity contribution < 1.29 is 38.6 Å². The van der Waals surface area contributed by atoms with E-state index in [-0.39, 0.29) is 43.3 Å². The number of hydrogen-bond donors (Lipinski definition) is 2. The second-order valence-electron chi connectivity index (χ2n) is 13.1. The molecule has 0 saturated carbocycles. The fourth-order valence-electron chi connectivity index (χ4n) is 7.78. The van der Waals surface area contributed by atoms with Crippen molar-refractivity contribution in [2.24, 2.45) is 5.92 Å². The molecule has 3 heterocycles. The zero-order valence-corrected chi connectivity index (χ0v) is 28.1. The number of nitrogens with zero attached hydrogens (tertiary/aromatic N) is 3. The molecular formula is C34H45N3O8Si. The third kappa shape index (κ3) is 6.11. The van der Waals surface area contributed by atoms with E-state index >= 15 is 0 Å². The smallest absolute Gasteiger partial charge is 0.305 e. The number of anilines is 3. The lowest BCUT2D eigenvalue weighted by molar-refractivity contribution is -0.150. The van der Waals surface area contributed by atoms with Gasteiger partial charge in [-0.25, -0.2) is 0 Å². The van der Waals surface area contributed by atoms with Gasteiger partial charge in [-0.1, -0.05) is 25.1 Å². The van der Waals surface area contributed by atoms with Crippen LogP contribution in [0, 0.1) is 5.92 Å². The van der Waals surface area contributed by atoms with Crippen molar-refractivity contribution >= 4 is 49.6 Å². The lowest BCUT2D eigenvalue weighted by Gasteiger charge is -2.33. The largest absolute Gasteiger partial charge is 0.469 e. The number of benzene rings is 2. The molecule has 3 aliphatic rings. The van der Waals surface area contributed by atoms with E-state index in [2.05, 4.69) is 0 Å². The van der Waals surface area contributed by atoms with Gasteiger partial charge in [-0.05, 0) is 69.1 Å². The van der Waals surface area contributed by atoms with Crippen molar-refractivity contribution in [3.63, 3.8) is 0 Å². The summed E-state index contributed by atoms with van der Waals surface area (Å²) in [5.74, 6) is -1.25. The van der Waals surface area contributed by atoms with Crippen LogP contribution in [0.5, 0.6) is 0 Å². The molecule has 0 aliphatic carbocycles. The van der Waals surface area contributed by atoms with Gasteiger partial charge in [0.2, 0.25) is 12.3 Å². The first-order chi connectivity index (χ1) is 22.0. The molecule has 5 atom stereocenters. The monoisotopic (exact) mass is 651 g/mol. The highest BCUT2D eigenvalue weighted by atomic mass is 28.4. The summed E-state index contributed by atoms with van der Waals surface area (Å²) in [5.41, 5.74) is 0.484. The van der Waals surface area contributed by atoms with Crippen molar-refractivity contribution in [2.45, 2.75) is 81.8 Å². The second-order valence-corrected chi connectivity index (χ2v) is 17.1. The van der Waals surface area contributed by atoms with Gasteiger partial charge in [-0.3, -0.25) is 24.1 Å². The Balaban J connectivity index is 1.56. The molecule has 0 unspecified atom stereocenters. The highest BCUT2D eigenvalue weighted by molar-refractivity contribution is 6.71. The van der Waals surface area contributed by atoms with Gasteiger partial charge in [0.15, 0.2) is 13.9 Å². The van der Waals surface area contributed by atoms with Crippen LogP contribution >= 0.6 is 0 Å². The standard InChI is InChI=1S/C34H45N3O8Si/c1-23-32(46(3,4)43)29(20-30(40)35-18-10-13-26(35)21-38)45-34(23)27-19-25(37(22-39)24-11-6-5-7-12-24)15-16-28(27)36(33(34)42)17-9-8-14-31(41)44-2/h5-7,11-12,15-16,19,22-23,26,29,32,38,43H,8-10,13-14,17-18,20-21H2,1-4H3/t23-,26+,29+,32-,34+/m1/s1. The molecule has 5 rings (SSSR count). The first-order valence-electron chi connectivity index (χ1n) is 16.1. The number of para-hydroxylation sites is 1. The molecule has 2 aromatic rings. The van der Waals surface area contributed by atoms with Crippen LogP contribution in [0.3, 0.4) is 0 Å². The summed E-state index contributed by atoms with van der Waals surface area (Å²) in [6, 6.07) is 14.4. The van der Waals surface area contributed by atoms with E-state index in [0.717, 1.165) is 19.3 Å².